The lowest BCUT2D eigenvalue weighted by Crippen LogP contribution is -2.46. The highest BCUT2D eigenvalue weighted by Crippen LogP contribution is 2.24. The number of rotatable bonds is 3. The van der Waals surface area contributed by atoms with E-state index < -0.39 is 0 Å². The molecule has 0 unspecified atom stereocenters. The predicted octanol–water partition coefficient (Wildman–Crippen LogP) is 2.33. The van der Waals surface area contributed by atoms with Gasteiger partial charge in [-0.05, 0) is 24.5 Å². The fraction of sp³-hybridized carbons (Fsp3) is 0.368. The first-order chi connectivity index (χ1) is 11.8. The molecule has 0 radical (unpaired) electrons. The number of piperidine rings is 1. The van der Waals surface area contributed by atoms with E-state index in [1.807, 2.05) is 30.5 Å². The fourth-order valence-corrected chi connectivity index (χ4v) is 3.34. The zero-order chi connectivity index (χ0) is 16.8. The van der Waals surface area contributed by atoms with Gasteiger partial charge in [-0.15, -0.1) is 0 Å². The standard InChI is InChI=1S/C19H21N5/c20-13-17(14-21)19-22-9-4-10-24(19)18-7-11-23(12-8-18)15-16-5-2-1-3-6-16/h1-6,10,18,22H,7-9,11-12,15H2. The van der Waals surface area contributed by atoms with Gasteiger partial charge in [0.2, 0.25) is 0 Å². The minimum absolute atomic E-state index is 0.158. The highest BCUT2D eigenvalue weighted by Gasteiger charge is 2.27. The van der Waals surface area contributed by atoms with Crippen LogP contribution in [0, 0.1) is 22.7 Å². The lowest BCUT2D eigenvalue weighted by Gasteiger charge is -2.40. The molecular weight excluding hydrogens is 298 g/mol. The summed E-state index contributed by atoms with van der Waals surface area (Å²) in [5.74, 6) is 0.656. The molecule has 0 saturated carbocycles. The van der Waals surface area contributed by atoms with Gasteiger partial charge >= 0.3 is 0 Å². The molecule has 1 N–H and O–H groups in total. The number of nitrogens with one attached hydrogen (secondary N) is 1. The summed E-state index contributed by atoms with van der Waals surface area (Å²) in [4.78, 5) is 4.54. The van der Waals surface area contributed by atoms with Crippen LogP contribution in [-0.2, 0) is 6.54 Å². The molecule has 0 atom stereocenters. The van der Waals surface area contributed by atoms with Crippen molar-refractivity contribution in [3.05, 3.63) is 59.6 Å². The van der Waals surface area contributed by atoms with E-state index in [0.29, 0.717) is 18.4 Å². The third kappa shape index (κ3) is 3.59. The Labute approximate surface area is 143 Å². The Morgan fingerprint density at radius 3 is 2.50 bits per heavy atom. The topological polar surface area (TPSA) is 66.1 Å². The molecule has 1 aromatic rings. The molecule has 0 spiro atoms. The first-order valence-corrected chi connectivity index (χ1v) is 8.31. The largest absolute Gasteiger partial charge is 0.366 e. The lowest BCUT2D eigenvalue weighted by molar-refractivity contribution is 0.147. The second-order valence-corrected chi connectivity index (χ2v) is 6.11. The van der Waals surface area contributed by atoms with Crippen LogP contribution in [0.4, 0.5) is 0 Å². The number of hydrogen-bond donors (Lipinski definition) is 1. The van der Waals surface area contributed by atoms with Crippen LogP contribution in [0.15, 0.2) is 54.0 Å². The number of likely N-dealkylation sites (tertiary alicyclic amines) is 1. The van der Waals surface area contributed by atoms with Crippen LogP contribution < -0.4 is 5.32 Å². The predicted molar refractivity (Wildman–Crippen MR) is 92.0 cm³/mol. The smallest absolute Gasteiger partial charge is 0.170 e. The zero-order valence-corrected chi connectivity index (χ0v) is 13.7. The fourth-order valence-electron chi connectivity index (χ4n) is 3.34. The van der Waals surface area contributed by atoms with Crippen LogP contribution in [-0.4, -0.2) is 35.5 Å². The lowest BCUT2D eigenvalue weighted by atomic mass is 10.0. The van der Waals surface area contributed by atoms with Gasteiger partial charge in [0.15, 0.2) is 5.57 Å². The van der Waals surface area contributed by atoms with Gasteiger partial charge < -0.3 is 10.2 Å². The van der Waals surface area contributed by atoms with Crippen molar-refractivity contribution in [3.8, 4) is 12.1 Å². The molecule has 1 fully saturated rings. The molecule has 2 heterocycles. The maximum absolute atomic E-state index is 9.17. The van der Waals surface area contributed by atoms with E-state index in [1.165, 1.54) is 5.56 Å². The minimum Gasteiger partial charge on any atom is -0.366 e. The highest BCUT2D eigenvalue weighted by molar-refractivity contribution is 5.40. The summed E-state index contributed by atoms with van der Waals surface area (Å²) in [5.41, 5.74) is 1.50. The molecule has 122 valence electrons. The number of nitriles is 2. The molecule has 5 nitrogen and oxygen atoms in total. The summed E-state index contributed by atoms with van der Waals surface area (Å²) < 4.78 is 0. The van der Waals surface area contributed by atoms with E-state index >= 15 is 0 Å². The maximum Gasteiger partial charge on any atom is 0.170 e. The molecule has 24 heavy (non-hydrogen) atoms. The van der Waals surface area contributed by atoms with E-state index in [2.05, 4.69) is 39.4 Å². The van der Waals surface area contributed by atoms with Gasteiger partial charge in [0.25, 0.3) is 0 Å². The second-order valence-electron chi connectivity index (χ2n) is 6.11. The summed E-state index contributed by atoms with van der Waals surface area (Å²) in [6.07, 6.45) is 6.09. The average molecular weight is 319 g/mol. The highest BCUT2D eigenvalue weighted by atomic mass is 15.3. The van der Waals surface area contributed by atoms with E-state index in [4.69, 9.17) is 0 Å². The molecule has 0 aromatic heterocycles. The summed E-state index contributed by atoms with van der Waals surface area (Å²) in [7, 11) is 0. The maximum atomic E-state index is 9.17. The molecular formula is C19H21N5. The summed E-state index contributed by atoms with van der Waals surface area (Å²) in [6.45, 7) is 3.68. The number of nitrogens with zero attached hydrogens (tertiary/aromatic N) is 4. The van der Waals surface area contributed by atoms with Crippen molar-refractivity contribution in [1.29, 1.82) is 10.5 Å². The van der Waals surface area contributed by atoms with Crippen molar-refractivity contribution < 1.29 is 0 Å². The molecule has 0 amide bonds. The Balaban J connectivity index is 1.64. The first-order valence-electron chi connectivity index (χ1n) is 8.31. The molecule has 1 saturated heterocycles. The normalized spacial score (nSPS) is 18.6. The van der Waals surface area contributed by atoms with Crippen molar-refractivity contribution in [1.82, 2.24) is 15.1 Å². The quantitative estimate of drug-likeness (QED) is 0.866. The van der Waals surface area contributed by atoms with Crippen LogP contribution in [0.1, 0.15) is 18.4 Å². The molecule has 0 aliphatic carbocycles. The van der Waals surface area contributed by atoms with Crippen molar-refractivity contribution in [2.45, 2.75) is 25.4 Å². The zero-order valence-electron chi connectivity index (χ0n) is 13.7. The van der Waals surface area contributed by atoms with Crippen LogP contribution in [0.5, 0.6) is 0 Å². The average Bonchev–Trinajstić information content (AvgIpc) is 2.65. The molecule has 0 bridgehead atoms. The Bertz CT molecular complexity index is 684. The molecule has 3 rings (SSSR count). The Morgan fingerprint density at radius 2 is 1.83 bits per heavy atom. The number of hydrogen-bond acceptors (Lipinski definition) is 5. The monoisotopic (exact) mass is 319 g/mol. The van der Waals surface area contributed by atoms with Gasteiger partial charge in [-0.2, -0.15) is 10.5 Å². The van der Waals surface area contributed by atoms with Gasteiger partial charge in [0.05, 0.1) is 0 Å². The van der Waals surface area contributed by atoms with E-state index in [9.17, 15) is 10.5 Å². The van der Waals surface area contributed by atoms with Crippen LogP contribution in [0.3, 0.4) is 0 Å². The number of allylic oxidation sites excluding steroid dienone is 1. The van der Waals surface area contributed by atoms with Gasteiger partial charge in [0, 0.05) is 38.4 Å². The van der Waals surface area contributed by atoms with E-state index in [-0.39, 0.29) is 5.57 Å². The summed E-state index contributed by atoms with van der Waals surface area (Å²) in [6, 6.07) is 14.9. The van der Waals surface area contributed by atoms with Gasteiger partial charge in [-0.1, -0.05) is 30.3 Å². The van der Waals surface area contributed by atoms with Gasteiger partial charge in [-0.3, -0.25) is 4.90 Å². The minimum atomic E-state index is 0.158. The van der Waals surface area contributed by atoms with Gasteiger partial charge in [0.1, 0.15) is 18.0 Å². The van der Waals surface area contributed by atoms with Crippen LogP contribution in [0.25, 0.3) is 0 Å². The van der Waals surface area contributed by atoms with Gasteiger partial charge in [-0.25, -0.2) is 0 Å². The molecule has 2 aliphatic rings. The SMILES string of the molecule is N#CC(C#N)=C1NCC=CN1C1CCN(Cc2ccccc2)CC1. The molecule has 5 heteroatoms. The van der Waals surface area contributed by atoms with E-state index in [0.717, 1.165) is 32.5 Å². The van der Waals surface area contributed by atoms with Crippen molar-refractivity contribution in [2.24, 2.45) is 0 Å². The van der Waals surface area contributed by atoms with Crippen molar-refractivity contribution in [3.63, 3.8) is 0 Å². The van der Waals surface area contributed by atoms with Crippen molar-refractivity contribution >= 4 is 0 Å². The first kappa shape index (κ1) is 16.1. The molecule has 1 aromatic carbocycles. The van der Waals surface area contributed by atoms with Crippen molar-refractivity contribution in [2.75, 3.05) is 19.6 Å². The summed E-state index contributed by atoms with van der Waals surface area (Å²) in [5, 5.41) is 21.5. The van der Waals surface area contributed by atoms with Crippen LogP contribution in [0.2, 0.25) is 0 Å². The van der Waals surface area contributed by atoms with E-state index in [1.54, 1.807) is 0 Å². The third-order valence-electron chi connectivity index (χ3n) is 4.57. The Kier molecular flexibility index (Phi) is 5.15. The third-order valence-corrected chi connectivity index (χ3v) is 4.57. The Morgan fingerprint density at radius 1 is 1.12 bits per heavy atom. The second kappa shape index (κ2) is 7.68. The van der Waals surface area contributed by atoms with Crippen LogP contribution >= 0.6 is 0 Å². The molecule has 2 aliphatic heterocycles. The summed E-state index contributed by atoms with van der Waals surface area (Å²) >= 11 is 0. The Hall–Kier alpha value is -2.76. The number of benzene rings is 1.